The summed E-state index contributed by atoms with van der Waals surface area (Å²) in [6.45, 7) is 0.472. The molecule has 0 unspecified atom stereocenters. The lowest BCUT2D eigenvalue weighted by Crippen LogP contribution is -2.21. The lowest BCUT2D eigenvalue weighted by molar-refractivity contribution is 0.481. The van der Waals surface area contributed by atoms with E-state index in [-0.39, 0.29) is 5.75 Å². The van der Waals surface area contributed by atoms with Crippen LogP contribution in [0.1, 0.15) is 6.42 Å². The fraction of sp³-hybridized carbons (Fsp3) is 0.800. The zero-order chi connectivity index (χ0) is 9.61. The number of rotatable bonds is 4. The van der Waals surface area contributed by atoms with E-state index >= 15 is 0 Å². The highest BCUT2D eigenvalue weighted by molar-refractivity contribution is 8.22. The number of hydrogen-bond donors (Lipinski definition) is 2. The first-order valence-corrected chi connectivity index (χ1v) is 6.47. The molecular weight excluding hydrogens is 218 g/mol. The highest BCUT2D eigenvalue weighted by atomic mass is 32.2. The first-order chi connectivity index (χ1) is 5.45. The van der Waals surface area contributed by atoms with E-state index in [4.69, 9.17) is 16.8 Å². The van der Waals surface area contributed by atoms with Crippen LogP contribution in [0.25, 0.3) is 0 Å². The standard InChI is InChI=1S/C5H11NO3S3/c1-11-5(10)6-3-2-4-12(7,8)9/h2-4H2,1H3,(H,6,10)(H,7,8,9). The van der Waals surface area contributed by atoms with Gasteiger partial charge in [0.05, 0.1) is 5.75 Å². The summed E-state index contributed by atoms with van der Waals surface area (Å²) >= 11 is 6.19. The topological polar surface area (TPSA) is 66.4 Å². The van der Waals surface area contributed by atoms with E-state index in [2.05, 4.69) is 5.32 Å². The van der Waals surface area contributed by atoms with Crippen molar-refractivity contribution in [2.75, 3.05) is 18.6 Å². The maximum Gasteiger partial charge on any atom is 0.264 e. The van der Waals surface area contributed by atoms with Crippen LogP contribution in [0, 0.1) is 0 Å². The average molecular weight is 229 g/mol. The Bertz CT molecular complexity index is 236. The number of nitrogens with one attached hydrogen (secondary N) is 1. The SMILES string of the molecule is CSC(=S)NCCCS(=O)(=O)O. The van der Waals surface area contributed by atoms with Crippen molar-refractivity contribution >= 4 is 38.4 Å². The summed E-state index contributed by atoms with van der Waals surface area (Å²) < 4.78 is 29.4. The molecule has 7 heteroatoms. The summed E-state index contributed by atoms with van der Waals surface area (Å²) in [5, 5.41) is 2.82. The van der Waals surface area contributed by atoms with Crippen molar-refractivity contribution in [2.45, 2.75) is 6.42 Å². The molecule has 0 aliphatic carbocycles. The van der Waals surface area contributed by atoms with Gasteiger partial charge in [-0.3, -0.25) is 4.55 Å². The van der Waals surface area contributed by atoms with Gasteiger partial charge in [-0.15, -0.1) is 11.8 Å². The predicted molar refractivity (Wildman–Crippen MR) is 55.1 cm³/mol. The molecule has 0 saturated carbocycles. The van der Waals surface area contributed by atoms with Gasteiger partial charge in [0.1, 0.15) is 4.32 Å². The van der Waals surface area contributed by atoms with Gasteiger partial charge >= 0.3 is 0 Å². The smallest absolute Gasteiger partial charge is 0.264 e. The molecule has 0 radical (unpaired) electrons. The molecule has 0 aromatic rings. The Morgan fingerprint density at radius 1 is 1.67 bits per heavy atom. The number of hydrogen-bond acceptors (Lipinski definition) is 4. The third-order valence-electron chi connectivity index (χ3n) is 1.03. The molecule has 0 aromatic carbocycles. The fourth-order valence-corrected chi connectivity index (χ4v) is 1.37. The second kappa shape index (κ2) is 5.74. The third-order valence-corrected chi connectivity index (χ3v) is 3.00. The van der Waals surface area contributed by atoms with Crippen molar-refractivity contribution in [3.8, 4) is 0 Å². The third kappa shape index (κ3) is 8.25. The Hall–Kier alpha value is 0.150. The Morgan fingerprint density at radius 3 is 2.67 bits per heavy atom. The molecule has 0 aliphatic heterocycles. The minimum absolute atomic E-state index is 0.225. The monoisotopic (exact) mass is 229 g/mol. The molecule has 0 fully saturated rings. The lowest BCUT2D eigenvalue weighted by Gasteiger charge is -2.02. The summed E-state index contributed by atoms with van der Waals surface area (Å²) in [5.41, 5.74) is 0. The van der Waals surface area contributed by atoms with Gasteiger partial charge in [-0.2, -0.15) is 8.42 Å². The molecule has 0 amide bonds. The Balaban J connectivity index is 3.40. The Morgan fingerprint density at radius 2 is 2.25 bits per heavy atom. The van der Waals surface area contributed by atoms with Crippen molar-refractivity contribution in [1.29, 1.82) is 0 Å². The highest BCUT2D eigenvalue weighted by Gasteiger charge is 2.02. The average Bonchev–Trinajstić information content (AvgIpc) is 1.96. The minimum Gasteiger partial charge on any atom is -0.371 e. The van der Waals surface area contributed by atoms with Crippen LogP contribution in [-0.2, 0) is 10.1 Å². The maximum absolute atomic E-state index is 10.2. The zero-order valence-electron chi connectivity index (χ0n) is 6.61. The summed E-state index contributed by atoms with van der Waals surface area (Å²) in [7, 11) is -3.82. The Labute approximate surface area is 81.9 Å². The van der Waals surface area contributed by atoms with Crippen LogP contribution in [-0.4, -0.2) is 35.8 Å². The largest absolute Gasteiger partial charge is 0.371 e. The molecule has 4 nitrogen and oxygen atoms in total. The predicted octanol–water partition coefficient (Wildman–Crippen LogP) is 0.502. The van der Waals surface area contributed by atoms with Crippen LogP contribution < -0.4 is 5.32 Å². The minimum atomic E-state index is -3.82. The van der Waals surface area contributed by atoms with Gasteiger partial charge in [0.2, 0.25) is 0 Å². The van der Waals surface area contributed by atoms with E-state index in [1.807, 2.05) is 6.26 Å². The van der Waals surface area contributed by atoms with Crippen molar-refractivity contribution in [3.05, 3.63) is 0 Å². The van der Waals surface area contributed by atoms with E-state index < -0.39 is 10.1 Å². The summed E-state index contributed by atoms with van der Waals surface area (Å²) in [4.78, 5) is 0. The van der Waals surface area contributed by atoms with E-state index in [0.717, 1.165) is 0 Å². The molecule has 0 aliphatic rings. The molecule has 0 atom stereocenters. The molecule has 0 bridgehead atoms. The van der Waals surface area contributed by atoms with Gasteiger partial charge in [0, 0.05) is 6.54 Å². The fourth-order valence-electron chi connectivity index (χ4n) is 0.517. The van der Waals surface area contributed by atoms with E-state index in [0.29, 0.717) is 17.3 Å². The summed E-state index contributed by atoms with van der Waals surface area (Å²) in [6, 6.07) is 0. The van der Waals surface area contributed by atoms with Gasteiger partial charge < -0.3 is 5.32 Å². The second-order valence-corrected chi connectivity index (χ2v) is 5.11. The van der Waals surface area contributed by atoms with Crippen molar-refractivity contribution < 1.29 is 13.0 Å². The maximum atomic E-state index is 10.2. The normalized spacial score (nSPS) is 11.2. The molecule has 0 rings (SSSR count). The number of thiocarbonyl (C=S) groups is 1. The molecule has 0 aromatic heterocycles. The molecule has 0 saturated heterocycles. The van der Waals surface area contributed by atoms with Gasteiger partial charge in [0.15, 0.2) is 0 Å². The van der Waals surface area contributed by atoms with Crippen molar-refractivity contribution in [2.24, 2.45) is 0 Å². The second-order valence-electron chi connectivity index (χ2n) is 2.06. The summed E-state index contributed by atoms with van der Waals surface area (Å²) in [6.07, 6.45) is 2.19. The van der Waals surface area contributed by atoms with Crippen LogP contribution in [0.4, 0.5) is 0 Å². The zero-order valence-corrected chi connectivity index (χ0v) is 9.06. The van der Waals surface area contributed by atoms with Gasteiger partial charge in [-0.25, -0.2) is 0 Å². The van der Waals surface area contributed by atoms with Crippen LogP contribution in [0.15, 0.2) is 0 Å². The quantitative estimate of drug-likeness (QED) is 0.416. The van der Waals surface area contributed by atoms with Crippen LogP contribution in [0.2, 0.25) is 0 Å². The number of thioether (sulfide) groups is 1. The van der Waals surface area contributed by atoms with Gasteiger partial charge in [-0.05, 0) is 12.7 Å². The molecule has 0 heterocycles. The molecule has 12 heavy (non-hydrogen) atoms. The highest BCUT2D eigenvalue weighted by Crippen LogP contribution is 1.94. The molecular formula is C5H11NO3S3. The van der Waals surface area contributed by atoms with Crippen molar-refractivity contribution in [3.63, 3.8) is 0 Å². The first-order valence-electron chi connectivity index (χ1n) is 3.22. The van der Waals surface area contributed by atoms with E-state index in [1.54, 1.807) is 0 Å². The first kappa shape index (κ1) is 12.2. The molecule has 2 N–H and O–H groups in total. The molecule has 0 spiro atoms. The van der Waals surface area contributed by atoms with Crippen molar-refractivity contribution in [1.82, 2.24) is 5.32 Å². The van der Waals surface area contributed by atoms with Gasteiger partial charge in [-0.1, -0.05) is 12.2 Å². The lowest BCUT2D eigenvalue weighted by atomic mass is 10.5. The van der Waals surface area contributed by atoms with Gasteiger partial charge in [0.25, 0.3) is 10.1 Å². The van der Waals surface area contributed by atoms with E-state index in [9.17, 15) is 8.42 Å². The summed E-state index contributed by atoms with van der Waals surface area (Å²) in [5.74, 6) is -0.225. The Kier molecular flexibility index (Phi) is 5.81. The molecule has 72 valence electrons. The van der Waals surface area contributed by atoms with Crippen LogP contribution in [0.5, 0.6) is 0 Å². The van der Waals surface area contributed by atoms with Crippen LogP contribution >= 0.6 is 24.0 Å². The van der Waals surface area contributed by atoms with E-state index in [1.165, 1.54) is 11.8 Å². The van der Waals surface area contributed by atoms with Crippen LogP contribution in [0.3, 0.4) is 0 Å².